The van der Waals surface area contributed by atoms with Crippen LogP contribution in [0.3, 0.4) is 0 Å². The van der Waals surface area contributed by atoms with Crippen LogP contribution in [0, 0.1) is 11.8 Å². The van der Waals surface area contributed by atoms with Crippen LogP contribution < -0.4 is 15.4 Å². The molecule has 4 nitrogen and oxygen atoms in total. The van der Waals surface area contributed by atoms with Crippen LogP contribution in [0.5, 0.6) is 5.75 Å². The van der Waals surface area contributed by atoms with Crippen molar-refractivity contribution < 1.29 is 9.53 Å². The number of benzene rings is 1. The van der Waals surface area contributed by atoms with E-state index in [0.717, 1.165) is 56.8 Å². The molecule has 23 heavy (non-hydrogen) atoms. The molecule has 126 valence electrons. The standard InChI is InChI=1S/C19H28N2O2/c1-14(2)13-23-17-6-4-16(5-7-17)19(8-3-9-19)18(22)21-12-15-10-20-11-15/h4-7,14-15,20H,3,8-13H2,1-2H3,(H,21,22). The maximum atomic E-state index is 12.7. The van der Waals surface area contributed by atoms with E-state index in [1.807, 2.05) is 12.1 Å². The van der Waals surface area contributed by atoms with Gasteiger partial charge in [0.2, 0.25) is 5.91 Å². The van der Waals surface area contributed by atoms with E-state index in [9.17, 15) is 4.79 Å². The summed E-state index contributed by atoms with van der Waals surface area (Å²) in [5.41, 5.74) is 0.818. The van der Waals surface area contributed by atoms with Crippen molar-refractivity contribution in [1.82, 2.24) is 10.6 Å². The Bertz CT molecular complexity index is 531. The number of carbonyl (C=O) groups is 1. The molecule has 2 N–H and O–H groups in total. The normalized spacial score (nSPS) is 19.8. The van der Waals surface area contributed by atoms with Gasteiger partial charge in [-0.05, 0) is 36.5 Å². The molecule has 0 atom stereocenters. The lowest BCUT2D eigenvalue weighted by molar-refractivity contribution is -0.130. The van der Waals surface area contributed by atoms with E-state index in [4.69, 9.17) is 4.74 Å². The van der Waals surface area contributed by atoms with Crippen LogP contribution in [0.25, 0.3) is 0 Å². The van der Waals surface area contributed by atoms with Gasteiger partial charge in [0.05, 0.1) is 12.0 Å². The minimum absolute atomic E-state index is 0.200. The largest absolute Gasteiger partial charge is 0.493 e. The van der Waals surface area contributed by atoms with Gasteiger partial charge in [-0.2, -0.15) is 0 Å². The molecule has 1 aromatic carbocycles. The third kappa shape index (κ3) is 3.52. The second-order valence-electron chi connectivity index (χ2n) is 7.40. The predicted octanol–water partition coefficient (Wildman–Crippen LogP) is 2.48. The summed E-state index contributed by atoms with van der Waals surface area (Å²) in [5, 5.41) is 6.41. The van der Waals surface area contributed by atoms with Crippen molar-refractivity contribution in [3.8, 4) is 5.75 Å². The number of carbonyl (C=O) groups excluding carboxylic acids is 1. The van der Waals surface area contributed by atoms with E-state index in [-0.39, 0.29) is 11.3 Å². The van der Waals surface area contributed by atoms with Crippen LogP contribution in [0.4, 0.5) is 0 Å². The summed E-state index contributed by atoms with van der Waals surface area (Å²) < 4.78 is 5.74. The number of nitrogens with one attached hydrogen (secondary N) is 2. The van der Waals surface area contributed by atoms with Crippen LogP contribution in [-0.2, 0) is 10.2 Å². The van der Waals surface area contributed by atoms with Crippen molar-refractivity contribution in [3.05, 3.63) is 29.8 Å². The predicted molar refractivity (Wildman–Crippen MR) is 91.7 cm³/mol. The second kappa shape index (κ2) is 6.91. The molecule has 1 aliphatic carbocycles. The molecule has 0 radical (unpaired) electrons. The average molecular weight is 316 g/mol. The Hall–Kier alpha value is -1.55. The molecule has 1 aliphatic heterocycles. The summed E-state index contributed by atoms with van der Waals surface area (Å²) in [6.45, 7) is 7.84. The first-order chi connectivity index (χ1) is 11.1. The van der Waals surface area contributed by atoms with Crippen LogP contribution in [0.15, 0.2) is 24.3 Å². The Morgan fingerprint density at radius 3 is 2.48 bits per heavy atom. The molecule has 2 aliphatic rings. The van der Waals surface area contributed by atoms with Crippen molar-refractivity contribution in [1.29, 1.82) is 0 Å². The molecule has 0 bridgehead atoms. The highest BCUT2D eigenvalue weighted by atomic mass is 16.5. The monoisotopic (exact) mass is 316 g/mol. The van der Waals surface area contributed by atoms with Gasteiger partial charge >= 0.3 is 0 Å². The Morgan fingerprint density at radius 2 is 2.00 bits per heavy atom. The first-order valence-electron chi connectivity index (χ1n) is 8.82. The van der Waals surface area contributed by atoms with E-state index in [1.165, 1.54) is 0 Å². The van der Waals surface area contributed by atoms with Gasteiger partial charge in [-0.15, -0.1) is 0 Å². The van der Waals surface area contributed by atoms with Crippen molar-refractivity contribution in [2.45, 2.75) is 38.5 Å². The van der Waals surface area contributed by atoms with Crippen LogP contribution in [0.1, 0.15) is 38.7 Å². The Labute approximate surface area is 139 Å². The molecule has 4 heteroatoms. The fraction of sp³-hybridized carbons (Fsp3) is 0.632. The molecule has 1 aromatic rings. The van der Waals surface area contributed by atoms with Gasteiger partial charge in [-0.3, -0.25) is 4.79 Å². The van der Waals surface area contributed by atoms with Crippen molar-refractivity contribution in [2.75, 3.05) is 26.2 Å². The number of rotatable bonds is 7. The Morgan fingerprint density at radius 1 is 1.30 bits per heavy atom. The van der Waals surface area contributed by atoms with E-state index < -0.39 is 0 Å². The molecule has 2 fully saturated rings. The fourth-order valence-corrected chi connectivity index (χ4v) is 3.21. The number of hydrogen-bond donors (Lipinski definition) is 2. The average Bonchev–Trinajstić information content (AvgIpc) is 2.43. The molecule has 0 spiro atoms. The van der Waals surface area contributed by atoms with Crippen LogP contribution >= 0.6 is 0 Å². The lowest BCUT2D eigenvalue weighted by Crippen LogP contribution is -2.54. The van der Waals surface area contributed by atoms with Gasteiger partial charge in [-0.25, -0.2) is 0 Å². The first-order valence-corrected chi connectivity index (χ1v) is 8.82. The summed E-state index contributed by atoms with van der Waals surface area (Å²) in [7, 11) is 0. The van der Waals surface area contributed by atoms with Crippen molar-refractivity contribution in [2.24, 2.45) is 11.8 Å². The summed E-state index contributed by atoms with van der Waals surface area (Å²) >= 11 is 0. The SMILES string of the molecule is CC(C)COc1ccc(C2(C(=O)NCC3CNC3)CCC2)cc1. The van der Waals surface area contributed by atoms with Crippen molar-refractivity contribution >= 4 is 5.91 Å². The molecule has 0 aromatic heterocycles. The van der Waals surface area contributed by atoms with Gasteiger partial charge in [0, 0.05) is 25.6 Å². The maximum absolute atomic E-state index is 12.7. The van der Waals surface area contributed by atoms with E-state index >= 15 is 0 Å². The van der Waals surface area contributed by atoms with E-state index in [0.29, 0.717) is 11.8 Å². The molecule has 1 saturated heterocycles. The van der Waals surface area contributed by atoms with E-state index in [2.05, 4.69) is 36.6 Å². The summed E-state index contributed by atoms with van der Waals surface area (Å²) in [4.78, 5) is 12.7. The minimum Gasteiger partial charge on any atom is -0.493 e. The van der Waals surface area contributed by atoms with Gasteiger partial charge in [0.15, 0.2) is 0 Å². The highest BCUT2D eigenvalue weighted by Gasteiger charge is 2.45. The summed E-state index contributed by atoms with van der Waals surface area (Å²) in [5.74, 6) is 2.20. The quantitative estimate of drug-likeness (QED) is 0.812. The highest BCUT2D eigenvalue weighted by Crippen LogP contribution is 2.44. The summed E-state index contributed by atoms with van der Waals surface area (Å²) in [6.07, 6.45) is 3.03. The lowest BCUT2D eigenvalue weighted by Gasteiger charge is -2.41. The molecular weight excluding hydrogens is 288 g/mol. The molecule has 1 saturated carbocycles. The van der Waals surface area contributed by atoms with Crippen LogP contribution in [-0.4, -0.2) is 32.1 Å². The van der Waals surface area contributed by atoms with Crippen molar-refractivity contribution in [3.63, 3.8) is 0 Å². The third-order valence-corrected chi connectivity index (χ3v) is 5.05. The topological polar surface area (TPSA) is 50.4 Å². The zero-order valence-corrected chi connectivity index (χ0v) is 14.2. The van der Waals surface area contributed by atoms with Gasteiger partial charge in [0.1, 0.15) is 5.75 Å². The van der Waals surface area contributed by atoms with Crippen LogP contribution in [0.2, 0.25) is 0 Å². The number of amides is 1. The molecule has 3 rings (SSSR count). The third-order valence-electron chi connectivity index (χ3n) is 5.05. The zero-order chi connectivity index (χ0) is 16.3. The number of ether oxygens (including phenoxy) is 1. The summed E-state index contributed by atoms with van der Waals surface area (Å²) in [6, 6.07) is 8.14. The maximum Gasteiger partial charge on any atom is 0.230 e. The smallest absolute Gasteiger partial charge is 0.230 e. The van der Waals surface area contributed by atoms with E-state index in [1.54, 1.807) is 0 Å². The Balaban J connectivity index is 1.63. The second-order valence-corrected chi connectivity index (χ2v) is 7.40. The molecule has 0 unspecified atom stereocenters. The molecule has 1 heterocycles. The zero-order valence-electron chi connectivity index (χ0n) is 14.2. The highest BCUT2D eigenvalue weighted by molar-refractivity contribution is 5.89. The minimum atomic E-state index is -0.312. The number of hydrogen-bond acceptors (Lipinski definition) is 3. The lowest BCUT2D eigenvalue weighted by atomic mass is 9.63. The first kappa shape index (κ1) is 16.3. The van der Waals surface area contributed by atoms with Gasteiger partial charge in [0.25, 0.3) is 0 Å². The van der Waals surface area contributed by atoms with Gasteiger partial charge < -0.3 is 15.4 Å². The fourth-order valence-electron chi connectivity index (χ4n) is 3.21. The van der Waals surface area contributed by atoms with Gasteiger partial charge in [-0.1, -0.05) is 32.4 Å². The molecular formula is C19H28N2O2. The molecule has 1 amide bonds. The Kier molecular flexibility index (Phi) is 4.90.